The maximum Gasteiger partial charge on any atom is 0.0232 e. The predicted octanol–water partition coefficient (Wildman–Crippen LogP) is 3.17. The van der Waals surface area contributed by atoms with Crippen molar-refractivity contribution in [2.24, 2.45) is 0 Å². The fraction of sp³-hybridized carbons (Fsp3) is 0.667. The monoisotopic (exact) mass is 243 g/mol. The Balaban J connectivity index is 0.000000853. The van der Waals surface area contributed by atoms with Gasteiger partial charge < -0.3 is 5.32 Å². The quantitative estimate of drug-likeness (QED) is 0.738. The molecule has 3 heteroatoms. The molecule has 0 bridgehead atoms. The largest absolute Gasteiger partial charge is 0.311 e. The van der Waals surface area contributed by atoms with E-state index in [9.17, 15) is 0 Å². The Morgan fingerprint density at radius 3 is 3.00 bits per heavy atom. The summed E-state index contributed by atoms with van der Waals surface area (Å²) in [6.45, 7) is 1.24. The van der Waals surface area contributed by atoms with E-state index < -0.39 is 0 Å². The van der Waals surface area contributed by atoms with E-state index in [2.05, 4.69) is 16.8 Å². The number of piperidine rings is 1. The second kappa shape index (κ2) is 4.44. The third-order valence-corrected chi connectivity index (χ3v) is 4.75. The van der Waals surface area contributed by atoms with Gasteiger partial charge in [0.2, 0.25) is 0 Å². The van der Waals surface area contributed by atoms with Gasteiger partial charge in [-0.25, -0.2) is 0 Å². The van der Waals surface area contributed by atoms with Crippen LogP contribution in [0.15, 0.2) is 11.4 Å². The molecule has 1 saturated heterocycles. The molecule has 1 N–H and O–H groups in total. The van der Waals surface area contributed by atoms with Gasteiger partial charge in [-0.2, -0.15) is 0 Å². The van der Waals surface area contributed by atoms with Crippen molar-refractivity contribution in [3.63, 3.8) is 0 Å². The minimum atomic E-state index is 0. The van der Waals surface area contributed by atoms with E-state index in [0.29, 0.717) is 5.54 Å². The van der Waals surface area contributed by atoms with Gasteiger partial charge in [0.1, 0.15) is 0 Å². The summed E-state index contributed by atoms with van der Waals surface area (Å²) in [6.07, 6.45) is 8.14. The topological polar surface area (TPSA) is 12.0 Å². The molecule has 1 atom stereocenters. The van der Waals surface area contributed by atoms with Gasteiger partial charge in [0.25, 0.3) is 0 Å². The lowest BCUT2D eigenvalue weighted by molar-refractivity contribution is 0.227. The Morgan fingerprint density at radius 2 is 2.20 bits per heavy atom. The summed E-state index contributed by atoms with van der Waals surface area (Å²) in [5.41, 5.74) is 2.10. The maximum absolute atomic E-state index is 3.77. The molecular formula is C12H18ClNS. The number of hydrogen-bond acceptors (Lipinski definition) is 2. The standard InChI is InChI=1S/C12H17NS.ClH/c1-2-7-13-12(5-1)6-3-10-4-8-14-11(10)9-12;/h4,8,13H,1-3,5-7,9H2;1H. The van der Waals surface area contributed by atoms with Crippen molar-refractivity contribution in [3.05, 3.63) is 21.9 Å². The van der Waals surface area contributed by atoms with Crippen LogP contribution in [0.4, 0.5) is 0 Å². The number of hydrogen-bond donors (Lipinski definition) is 1. The lowest BCUT2D eigenvalue weighted by atomic mass is 9.76. The van der Waals surface area contributed by atoms with Crippen LogP contribution in [0.3, 0.4) is 0 Å². The van der Waals surface area contributed by atoms with Crippen molar-refractivity contribution >= 4 is 23.7 Å². The summed E-state index contributed by atoms with van der Waals surface area (Å²) in [5.74, 6) is 0. The van der Waals surface area contributed by atoms with Crippen LogP contribution in [0.5, 0.6) is 0 Å². The third-order valence-electron chi connectivity index (χ3n) is 3.79. The van der Waals surface area contributed by atoms with Crippen molar-refractivity contribution in [2.45, 2.75) is 44.1 Å². The predicted molar refractivity (Wildman–Crippen MR) is 68.2 cm³/mol. The van der Waals surface area contributed by atoms with Crippen molar-refractivity contribution in [1.82, 2.24) is 5.32 Å². The summed E-state index contributed by atoms with van der Waals surface area (Å²) < 4.78 is 0. The Hall–Kier alpha value is -0.0500. The SMILES string of the molecule is Cl.c1cc2c(s1)CC1(CCCCN1)CC2. The highest BCUT2D eigenvalue weighted by Gasteiger charge is 2.35. The van der Waals surface area contributed by atoms with Crippen LogP contribution < -0.4 is 5.32 Å². The average Bonchev–Trinajstić information content (AvgIpc) is 2.66. The average molecular weight is 244 g/mol. The molecule has 0 amide bonds. The highest BCUT2D eigenvalue weighted by Crippen LogP contribution is 2.36. The van der Waals surface area contributed by atoms with Crippen LogP contribution in [0.25, 0.3) is 0 Å². The molecule has 1 fully saturated rings. The Bertz CT molecular complexity index is 328. The zero-order chi connectivity index (χ0) is 9.43. The highest BCUT2D eigenvalue weighted by atomic mass is 35.5. The first kappa shape index (κ1) is 11.4. The van der Waals surface area contributed by atoms with Gasteiger partial charge >= 0.3 is 0 Å². The Morgan fingerprint density at radius 1 is 1.27 bits per heavy atom. The highest BCUT2D eigenvalue weighted by molar-refractivity contribution is 7.10. The molecule has 1 unspecified atom stereocenters. The zero-order valence-corrected chi connectivity index (χ0v) is 10.6. The fourth-order valence-corrected chi connectivity index (χ4v) is 3.99. The molecule has 2 aliphatic rings. The van der Waals surface area contributed by atoms with Gasteiger partial charge in [0.15, 0.2) is 0 Å². The number of thiophene rings is 1. The van der Waals surface area contributed by atoms with Gasteiger partial charge in [-0.05, 0) is 49.2 Å². The van der Waals surface area contributed by atoms with Crippen LogP contribution in [0.2, 0.25) is 0 Å². The first-order valence-electron chi connectivity index (χ1n) is 5.68. The lowest BCUT2D eigenvalue weighted by Crippen LogP contribution is -2.51. The molecule has 0 radical (unpaired) electrons. The van der Waals surface area contributed by atoms with E-state index in [1.54, 1.807) is 10.4 Å². The number of halogens is 1. The molecule has 1 nitrogen and oxygen atoms in total. The number of fused-ring (bicyclic) bond motifs is 1. The van der Waals surface area contributed by atoms with Crippen molar-refractivity contribution in [3.8, 4) is 0 Å². The van der Waals surface area contributed by atoms with Crippen LogP contribution in [-0.2, 0) is 12.8 Å². The van der Waals surface area contributed by atoms with E-state index in [4.69, 9.17) is 0 Å². The molecule has 1 aromatic rings. The molecule has 0 saturated carbocycles. The molecule has 1 spiro atoms. The fourth-order valence-electron chi connectivity index (χ4n) is 2.91. The summed E-state index contributed by atoms with van der Waals surface area (Å²) in [4.78, 5) is 1.64. The van der Waals surface area contributed by atoms with Gasteiger partial charge in [-0.15, -0.1) is 23.7 Å². The molecule has 2 heterocycles. The number of aryl methyl sites for hydroxylation is 1. The normalized spacial score (nSPS) is 29.6. The van der Waals surface area contributed by atoms with Crippen molar-refractivity contribution in [2.75, 3.05) is 6.54 Å². The summed E-state index contributed by atoms with van der Waals surface area (Å²) in [6, 6.07) is 2.32. The van der Waals surface area contributed by atoms with Gasteiger partial charge in [-0.1, -0.05) is 6.42 Å². The van der Waals surface area contributed by atoms with Crippen LogP contribution in [0, 0.1) is 0 Å². The van der Waals surface area contributed by atoms with Gasteiger partial charge in [-0.3, -0.25) is 0 Å². The summed E-state index contributed by atoms with van der Waals surface area (Å²) >= 11 is 1.95. The summed E-state index contributed by atoms with van der Waals surface area (Å²) in [7, 11) is 0. The molecule has 1 aliphatic carbocycles. The third kappa shape index (κ3) is 2.08. The first-order chi connectivity index (χ1) is 6.88. The van der Waals surface area contributed by atoms with Crippen LogP contribution in [0.1, 0.15) is 36.1 Å². The van der Waals surface area contributed by atoms with Crippen LogP contribution in [-0.4, -0.2) is 12.1 Å². The van der Waals surface area contributed by atoms with E-state index >= 15 is 0 Å². The molecular weight excluding hydrogens is 226 g/mol. The maximum atomic E-state index is 3.77. The molecule has 1 aromatic heterocycles. The second-order valence-electron chi connectivity index (χ2n) is 4.71. The van der Waals surface area contributed by atoms with Crippen molar-refractivity contribution in [1.29, 1.82) is 0 Å². The van der Waals surface area contributed by atoms with E-state index in [0.717, 1.165) is 0 Å². The molecule has 84 valence electrons. The minimum Gasteiger partial charge on any atom is -0.311 e. The Kier molecular flexibility index (Phi) is 3.39. The lowest BCUT2D eigenvalue weighted by Gasteiger charge is -2.41. The Labute approximate surface area is 102 Å². The zero-order valence-electron chi connectivity index (χ0n) is 8.92. The second-order valence-corrected chi connectivity index (χ2v) is 5.71. The molecule has 0 aromatic carbocycles. The van der Waals surface area contributed by atoms with E-state index in [-0.39, 0.29) is 12.4 Å². The van der Waals surface area contributed by atoms with E-state index in [1.807, 2.05) is 11.3 Å². The smallest absolute Gasteiger partial charge is 0.0232 e. The minimum absolute atomic E-state index is 0. The first-order valence-corrected chi connectivity index (χ1v) is 6.56. The molecule has 1 aliphatic heterocycles. The molecule has 3 rings (SSSR count). The number of rotatable bonds is 0. The summed E-state index contributed by atoms with van der Waals surface area (Å²) in [5, 5.41) is 6.03. The van der Waals surface area contributed by atoms with Crippen molar-refractivity contribution < 1.29 is 0 Å². The van der Waals surface area contributed by atoms with Crippen LogP contribution >= 0.6 is 23.7 Å². The van der Waals surface area contributed by atoms with Gasteiger partial charge in [0, 0.05) is 16.8 Å². The number of nitrogens with one attached hydrogen (secondary N) is 1. The molecule has 15 heavy (non-hydrogen) atoms. The van der Waals surface area contributed by atoms with Gasteiger partial charge in [0.05, 0.1) is 0 Å². The van der Waals surface area contributed by atoms with E-state index in [1.165, 1.54) is 45.1 Å².